The summed E-state index contributed by atoms with van der Waals surface area (Å²) in [5, 5.41) is 0. The molecular weight excluding hydrogens is 233 g/mol. The average Bonchev–Trinajstić information content (AvgIpc) is 2.44. The van der Waals surface area contributed by atoms with Crippen LogP contribution in [0.4, 0.5) is 0 Å². The molecule has 12 heavy (non-hydrogen) atoms. The summed E-state index contributed by atoms with van der Waals surface area (Å²) in [7, 11) is 0. The van der Waals surface area contributed by atoms with Gasteiger partial charge in [-0.2, -0.15) is 6.08 Å². The normalized spacial score (nSPS) is 8.67. The van der Waals surface area contributed by atoms with E-state index in [4.69, 9.17) is 0 Å². The monoisotopic (exact) mass is 247 g/mol. The van der Waals surface area contributed by atoms with E-state index in [2.05, 4.69) is 49.9 Å². The zero-order chi connectivity index (χ0) is 8.95. The van der Waals surface area contributed by atoms with E-state index in [0.717, 1.165) is 6.42 Å². The van der Waals surface area contributed by atoms with Crippen LogP contribution in [0.2, 0.25) is 0 Å². The Kier molecular flexibility index (Phi) is 32.4. The maximum Gasteiger partial charge on any atom is 1.00 e. The van der Waals surface area contributed by atoms with Crippen LogP contribution in [0.25, 0.3) is 0 Å². The minimum atomic E-state index is 0. The van der Waals surface area contributed by atoms with Crippen molar-refractivity contribution in [3.8, 4) is 0 Å². The standard InChI is InChI=1S/C5H5.2C3H4.Ru/c1-2-4-5-3-1;2*1-3-2;/h1-3H,4H2;2*1-2H2;/q-1;;;+1. The Hall–Kier alpha value is -0.857. The van der Waals surface area contributed by atoms with Crippen molar-refractivity contribution >= 4 is 0 Å². The van der Waals surface area contributed by atoms with E-state index in [1.807, 2.05) is 12.2 Å². The van der Waals surface area contributed by atoms with Gasteiger partial charge in [-0.05, 0) is 0 Å². The Balaban J connectivity index is -0.000000104. The molecule has 0 unspecified atom stereocenters. The fourth-order valence-electron chi connectivity index (χ4n) is 0.340. The van der Waals surface area contributed by atoms with Crippen molar-refractivity contribution in [3.63, 3.8) is 0 Å². The van der Waals surface area contributed by atoms with Crippen molar-refractivity contribution in [1.29, 1.82) is 0 Å². The summed E-state index contributed by atoms with van der Waals surface area (Å²) in [6.07, 6.45) is 10.0. The third-order valence-electron chi connectivity index (χ3n) is 0.586. The summed E-state index contributed by atoms with van der Waals surface area (Å²) in [5.74, 6) is 0. The van der Waals surface area contributed by atoms with E-state index in [0.29, 0.717) is 0 Å². The van der Waals surface area contributed by atoms with Gasteiger partial charge in [-0.3, -0.25) is 6.08 Å². The van der Waals surface area contributed by atoms with Crippen LogP contribution in [0.1, 0.15) is 6.42 Å². The minimum Gasteiger partial charge on any atom is -0.273 e. The zero-order valence-electron chi connectivity index (χ0n) is 7.12. The van der Waals surface area contributed by atoms with Crippen LogP contribution in [-0.4, -0.2) is 0 Å². The van der Waals surface area contributed by atoms with Crippen LogP contribution in [-0.2, 0) is 19.5 Å². The quantitative estimate of drug-likeness (QED) is 0.350. The Labute approximate surface area is 88.1 Å². The van der Waals surface area contributed by atoms with Crippen molar-refractivity contribution in [3.05, 3.63) is 62.1 Å². The molecular formula is C11H13Ru. The second kappa shape index (κ2) is 22.5. The van der Waals surface area contributed by atoms with Crippen LogP contribution in [0.5, 0.6) is 0 Å². The first-order chi connectivity index (χ1) is 5.33. The predicted octanol–water partition coefficient (Wildman–Crippen LogP) is 3.22. The van der Waals surface area contributed by atoms with E-state index < -0.39 is 0 Å². The van der Waals surface area contributed by atoms with Gasteiger partial charge in [-0.1, -0.05) is 26.3 Å². The molecule has 0 heterocycles. The summed E-state index contributed by atoms with van der Waals surface area (Å²) in [6, 6.07) is 0. The van der Waals surface area contributed by atoms with Crippen molar-refractivity contribution in [1.82, 2.24) is 0 Å². The van der Waals surface area contributed by atoms with E-state index in [1.54, 1.807) is 0 Å². The first-order valence-corrected chi connectivity index (χ1v) is 3.13. The molecule has 0 atom stereocenters. The Morgan fingerprint density at radius 1 is 1.08 bits per heavy atom. The largest absolute Gasteiger partial charge is 1.00 e. The molecule has 0 aromatic heterocycles. The van der Waals surface area contributed by atoms with E-state index >= 15 is 0 Å². The maximum absolute atomic E-state index is 3.12. The van der Waals surface area contributed by atoms with Crippen molar-refractivity contribution < 1.29 is 19.5 Å². The molecule has 0 nitrogen and oxygen atoms in total. The molecule has 1 aliphatic rings. The summed E-state index contributed by atoms with van der Waals surface area (Å²) in [5.41, 5.74) is 4.50. The van der Waals surface area contributed by atoms with Gasteiger partial charge in [0.25, 0.3) is 0 Å². The van der Waals surface area contributed by atoms with Gasteiger partial charge in [0.05, 0.1) is 0 Å². The maximum atomic E-state index is 3.12. The topological polar surface area (TPSA) is 0 Å². The molecule has 0 bridgehead atoms. The molecule has 1 radical (unpaired) electrons. The van der Waals surface area contributed by atoms with Gasteiger partial charge < -0.3 is 0 Å². The molecule has 0 spiro atoms. The number of hydrogen-bond donors (Lipinski definition) is 0. The van der Waals surface area contributed by atoms with Gasteiger partial charge in [-0.15, -0.1) is 17.9 Å². The number of hydrogen-bond acceptors (Lipinski definition) is 0. The van der Waals surface area contributed by atoms with E-state index in [9.17, 15) is 0 Å². The van der Waals surface area contributed by atoms with E-state index in [-0.39, 0.29) is 19.5 Å². The van der Waals surface area contributed by atoms with Crippen molar-refractivity contribution in [2.75, 3.05) is 0 Å². The first kappa shape index (κ1) is 17.3. The van der Waals surface area contributed by atoms with Gasteiger partial charge >= 0.3 is 19.5 Å². The Bertz CT molecular complexity index is 163. The predicted molar refractivity (Wildman–Crippen MR) is 51.1 cm³/mol. The molecule has 0 amide bonds. The summed E-state index contributed by atoms with van der Waals surface area (Å²) < 4.78 is 0. The fraction of sp³-hybridized carbons (Fsp3) is 0.0909. The van der Waals surface area contributed by atoms with Crippen LogP contribution in [0.3, 0.4) is 0 Å². The molecule has 0 aromatic rings. The molecule has 0 N–H and O–H groups in total. The van der Waals surface area contributed by atoms with Crippen molar-refractivity contribution in [2.45, 2.75) is 6.42 Å². The first-order valence-electron chi connectivity index (χ1n) is 3.13. The third-order valence-corrected chi connectivity index (χ3v) is 0.586. The Morgan fingerprint density at radius 3 is 1.58 bits per heavy atom. The summed E-state index contributed by atoms with van der Waals surface area (Å²) in [6.45, 7) is 12.5. The minimum absolute atomic E-state index is 0. The molecule has 1 aliphatic carbocycles. The second-order valence-corrected chi connectivity index (χ2v) is 1.50. The molecule has 0 aromatic carbocycles. The molecule has 0 saturated carbocycles. The SMILES string of the molecule is C=C=C.C=C=C.[C-]1=CC=CC1.[Ru+]. The van der Waals surface area contributed by atoms with Crippen LogP contribution >= 0.6 is 0 Å². The van der Waals surface area contributed by atoms with E-state index in [1.165, 1.54) is 0 Å². The average molecular weight is 246 g/mol. The molecule has 65 valence electrons. The van der Waals surface area contributed by atoms with Crippen molar-refractivity contribution in [2.24, 2.45) is 0 Å². The Morgan fingerprint density at radius 2 is 1.50 bits per heavy atom. The second-order valence-electron chi connectivity index (χ2n) is 1.50. The third kappa shape index (κ3) is 35.3. The van der Waals surface area contributed by atoms with Gasteiger partial charge in [0.2, 0.25) is 0 Å². The summed E-state index contributed by atoms with van der Waals surface area (Å²) in [4.78, 5) is 0. The number of rotatable bonds is 0. The zero-order valence-corrected chi connectivity index (χ0v) is 8.86. The molecule has 1 heteroatoms. The molecule has 0 aliphatic heterocycles. The van der Waals surface area contributed by atoms with Crippen LogP contribution in [0, 0.1) is 6.08 Å². The van der Waals surface area contributed by atoms with Crippen LogP contribution in [0.15, 0.2) is 56.0 Å². The molecule has 0 fully saturated rings. The number of allylic oxidation sites excluding steroid dienone is 4. The summed E-state index contributed by atoms with van der Waals surface area (Å²) >= 11 is 0. The smallest absolute Gasteiger partial charge is 0.273 e. The van der Waals surface area contributed by atoms with Gasteiger partial charge in [-0.25, -0.2) is 12.2 Å². The fourth-order valence-corrected chi connectivity index (χ4v) is 0.340. The van der Waals surface area contributed by atoms with Gasteiger partial charge in [0, 0.05) is 0 Å². The van der Waals surface area contributed by atoms with Crippen LogP contribution < -0.4 is 0 Å². The van der Waals surface area contributed by atoms with Gasteiger partial charge in [0.1, 0.15) is 0 Å². The van der Waals surface area contributed by atoms with Gasteiger partial charge in [0.15, 0.2) is 0 Å². The molecule has 0 saturated heterocycles. The molecule has 1 rings (SSSR count).